The largest absolute Gasteiger partial charge is 0.310 e. The van der Waals surface area contributed by atoms with Gasteiger partial charge in [0.2, 0.25) is 0 Å². The van der Waals surface area contributed by atoms with Crippen molar-refractivity contribution in [2.75, 3.05) is 4.90 Å². The second-order valence-corrected chi connectivity index (χ2v) is 24.3. The highest BCUT2D eigenvalue weighted by molar-refractivity contribution is 6.38. The van der Waals surface area contributed by atoms with E-state index in [0.717, 1.165) is 17.1 Å². The number of fused-ring (bicyclic) bond motifs is 12. The van der Waals surface area contributed by atoms with E-state index in [2.05, 4.69) is 300 Å². The van der Waals surface area contributed by atoms with Crippen molar-refractivity contribution in [3.63, 3.8) is 0 Å². The van der Waals surface area contributed by atoms with E-state index in [0.29, 0.717) is 23.7 Å². The Morgan fingerprint density at radius 3 is 1.04 bits per heavy atom. The molecule has 3 heteroatoms. The van der Waals surface area contributed by atoms with Crippen molar-refractivity contribution in [2.45, 2.75) is 85.0 Å². The van der Waals surface area contributed by atoms with Gasteiger partial charge in [-0.3, -0.25) is 0 Å². The Bertz CT molecular complexity index is 4450. The molecule has 0 amide bonds. The van der Waals surface area contributed by atoms with Crippen LogP contribution in [0.5, 0.6) is 0 Å². The molecule has 82 heavy (non-hydrogen) atoms. The first-order valence-electron chi connectivity index (χ1n) is 29.7. The molecule has 0 saturated heterocycles. The van der Waals surface area contributed by atoms with E-state index in [9.17, 15) is 0 Å². The lowest BCUT2D eigenvalue weighted by Gasteiger charge is -2.27. The van der Waals surface area contributed by atoms with Crippen molar-refractivity contribution >= 4 is 93.3 Å². The zero-order valence-electron chi connectivity index (χ0n) is 48.2. The standard InChI is InChI=1S/C79H67N3/c1-47(2)51-31-35-57(36-32-51)69(58-37-33-52(34-38-58)48(3)4)61-23-17-28-66-72(61)62-24-15-26-64-74-71(56-21-13-10-14-22-56)79-75(70(55-19-11-9-12-20-55)78(74)81(66)76(62)64)65-27-16-25-63-73-67(29-18-30-68(73)82(79)77(63)65)80(59-43-39-53(40-44-59)49(5)6)60-45-41-54(42-46-60)50(7)8/h9-50,69H,1-8H3. The van der Waals surface area contributed by atoms with Crippen LogP contribution in [0, 0.1) is 0 Å². The maximum absolute atomic E-state index is 2.67. The summed E-state index contributed by atoms with van der Waals surface area (Å²) in [4.78, 5) is 2.49. The summed E-state index contributed by atoms with van der Waals surface area (Å²) < 4.78 is 5.32. The Labute approximate surface area is 481 Å². The second kappa shape index (κ2) is 19.2. The minimum absolute atomic E-state index is 0.0117. The second-order valence-electron chi connectivity index (χ2n) is 24.3. The molecule has 0 atom stereocenters. The number of benzene rings is 11. The Kier molecular flexibility index (Phi) is 11.7. The third-order valence-electron chi connectivity index (χ3n) is 18.3. The van der Waals surface area contributed by atoms with Crippen LogP contribution in [0.1, 0.15) is 124 Å². The first-order chi connectivity index (χ1) is 40.0. The van der Waals surface area contributed by atoms with Crippen molar-refractivity contribution in [3.8, 4) is 22.3 Å². The molecule has 0 N–H and O–H groups in total. The highest BCUT2D eigenvalue weighted by Crippen LogP contribution is 2.56. The van der Waals surface area contributed by atoms with Crippen LogP contribution in [-0.4, -0.2) is 8.80 Å². The van der Waals surface area contributed by atoms with Crippen LogP contribution < -0.4 is 4.90 Å². The molecule has 11 aromatic carbocycles. The molecule has 0 saturated carbocycles. The monoisotopic (exact) mass is 1060 g/mol. The number of rotatable bonds is 12. The first-order valence-corrected chi connectivity index (χ1v) is 29.7. The van der Waals surface area contributed by atoms with Crippen molar-refractivity contribution in [1.82, 2.24) is 8.80 Å². The van der Waals surface area contributed by atoms with Crippen LogP contribution in [0.3, 0.4) is 0 Å². The fourth-order valence-electron chi connectivity index (χ4n) is 14.1. The van der Waals surface area contributed by atoms with Gasteiger partial charge < -0.3 is 13.7 Å². The summed E-state index contributed by atoms with van der Waals surface area (Å²) >= 11 is 0. The van der Waals surface area contributed by atoms with Crippen molar-refractivity contribution in [1.29, 1.82) is 0 Å². The molecule has 398 valence electrons. The van der Waals surface area contributed by atoms with Crippen molar-refractivity contribution in [3.05, 3.63) is 269 Å². The minimum atomic E-state index is 0.0117. The predicted octanol–water partition coefficient (Wildman–Crippen LogP) is 22.5. The normalized spacial score (nSPS) is 12.5. The third kappa shape index (κ3) is 7.48. The fourth-order valence-corrected chi connectivity index (χ4v) is 14.1. The molecule has 15 rings (SSSR count). The summed E-state index contributed by atoms with van der Waals surface area (Å²) in [6, 6.07) is 88.3. The van der Waals surface area contributed by atoms with Crippen LogP contribution in [0.4, 0.5) is 17.1 Å². The summed E-state index contributed by atoms with van der Waals surface area (Å²) in [5.41, 5.74) is 25.1. The Morgan fingerprint density at radius 1 is 0.280 bits per heavy atom. The van der Waals surface area contributed by atoms with Gasteiger partial charge in [-0.05, 0) is 116 Å². The Balaban J connectivity index is 1.09. The van der Waals surface area contributed by atoms with Crippen molar-refractivity contribution in [2.24, 2.45) is 0 Å². The van der Waals surface area contributed by atoms with E-state index in [1.54, 1.807) is 0 Å². The molecule has 0 fully saturated rings. The number of hydrogen-bond donors (Lipinski definition) is 0. The topological polar surface area (TPSA) is 12.1 Å². The van der Waals surface area contributed by atoms with Crippen LogP contribution in [-0.2, 0) is 0 Å². The minimum Gasteiger partial charge on any atom is -0.310 e. The molecule has 4 heterocycles. The maximum Gasteiger partial charge on any atom is 0.0634 e. The molecule has 0 aliphatic carbocycles. The van der Waals surface area contributed by atoms with Crippen LogP contribution >= 0.6 is 0 Å². The van der Waals surface area contributed by atoms with Gasteiger partial charge in [0, 0.05) is 71.5 Å². The molecule has 0 unspecified atom stereocenters. The fraction of sp³-hybridized carbons (Fsp3) is 0.165. The molecule has 0 spiro atoms. The Morgan fingerprint density at radius 2 is 0.622 bits per heavy atom. The maximum atomic E-state index is 2.67. The molecule has 4 aromatic heterocycles. The van der Waals surface area contributed by atoms with Crippen LogP contribution in [0.2, 0.25) is 0 Å². The lowest BCUT2D eigenvalue weighted by Crippen LogP contribution is -2.10. The van der Waals surface area contributed by atoms with Gasteiger partial charge >= 0.3 is 0 Å². The van der Waals surface area contributed by atoms with Gasteiger partial charge in [-0.2, -0.15) is 0 Å². The third-order valence-corrected chi connectivity index (χ3v) is 18.3. The SMILES string of the molecule is CC(C)c1ccc(C(c2ccc(C(C)C)cc2)c2cccc3c2c2cccc4c5c(-c6ccccc6)c6c(c(-c7ccccc7)c5n3c24)c2cccc3c4c(N(c5ccc(C(C)C)cc5)c5ccc(C(C)C)cc5)cccc4n6c32)cc1. The number of nitrogens with zero attached hydrogens (tertiary/aromatic N) is 3. The van der Waals surface area contributed by atoms with Crippen LogP contribution in [0.15, 0.2) is 231 Å². The van der Waals surface area contributed by atoms with Gasteiger partial charge in [0.25, 0.3) is 0 Å². The molecule has 0 aliphatic rings. The van der Waals surface area contributed by atoms with E-state index in [1.165, 1.54) is 137 Å². The average molecular weight is 1060 g/mol. The predicted molar refractivity (Wildman–Crippen MR) is 352 cm³/mol. The van der Waals surface area contributed by atoms with Gasteiger partial charge in [-0.25, -0.2) is 0 Å². The summed E-state index contributed by atoms with van der Waals surface area (Å²) in [5.74, 6) is 1.77. The molecule has 0 bridgehead atoms. The quantitative estimate of drug-likeness (QED) is 0.111. The zero-order valence-corrected chi connectivity index (χ0v) is 48.2. The highest BCUT2D eigenvalue weighted by Gasteiger charge is 2.33. The summed E-state index contributed by atoms with van der Waals surface area (Å²) in [6.07, 6.45) is 0. The number of para-hydroxylation sites is 2. The molecule has 0 aliphatic heterocycles. The van der Waals surface area contributed by atoms with Gasteiger partial charge in [0.15, 0.2) is 0 Å². The molecular formula is C79H67N3. The molecule has 3 nitrogen and oxygen atoms in total. The summed E-state index contributed by atoms with van der Waals surface area (Å²) in [7, 11) is 0. The molecular weight excluding hydrogens is 991 g/mol. The number of hydrogen-bond acceptors (Lipinski definition) is 1. The lowest BCUT2D eigenvalue weighted by molar-refractivity contribution is 0.859. The number of aromatic nitrogens is 2. The molecule has 0 radical (unpaired) electrons. The van der Waals surface area contributed by atoms with Gasteiger partial charge in [0.05, 0.1) is 38.8 Å². The molecule has 15 aromatic rings. The average Bonchev–Trinajstić information content (AvgIpc) is 1.59. The lowest BCUT2D eigenvalue weighted by atomic mass is 9.81. The number of anilines is 3. The van der Waals surface area contributed by atoms with E-state index >= 15 is 0 Å². The van der Waals surface area contributed by atoms with E-state index < -0.39 is 0 Å². The van der Waals surface area contributed by atoms with Crippen LogP contribution in [0.25, 0.3) is 98.4 Å². The van der Waals surface area contributed by atoms with Gasteiger partial charge in [-0.15, -0.1) is 0 Å². The van der Waals surface area contributed by atoms with E-state index in [4.69, 9.17) is 0 Å². The van der Waals surface area contributed by atoms with E-state index in [1.807, 2.05) is 0 Å². The Hall–Kier alpha value is -9.18. The van der Waals surface area contributed by atoms with E-state index in [-0.39, 0.29) is 5.92 Å². The zero-order chi connectivity index (χ0) is 55.7. The smallest absolute Gasteiger partial charge is 0.0634 e. The van der Waals surface area contributed by atoms with Crippen molar-refractivity contribution < 1.29 is 0 Å². The summed E-state index contributed by atoms with van der Waals surface area (Å²) in [6.45, 7) is 18.2. The van der Waals surface area contributed by atoms with Gasteiger partial charge in [0.1, 0.15) is 0 Å². The van der Waals surface area contributed by atoms with Gasteiger partial charge in [-0.1, -0.05) is 243 Å². The first kappa shape index (κ1) is 49.8. The summed E-state index contributed by atoms with van der Waals surface area (Å²) in [5, 5.41) is 10.1. The highest BCUT2D eigenvalue weighted by atomic mass is 15.1.